The highest BCUT2D eigenvalue weighted by atomic mass is 16.5. The van der Waals surface area contributed by atoms with Gasteiger partial charge in [-0.15, -0.1) is 0 Å². The highest BCUT2D eigenvalue weighted by Gasteiger charge is 2.08. The number of hydrogen-bond donors (Lipinski definition) is 1. The molecular weight excluding hydrogens is 266 g/mol. The summed E-state index contributed by atoms with van der Waals surface area (Å²) in [4.78, 5) is 0. The van der Waals surface area contributed by atoms with Gasteiger partial charge in [0.05, 0.1) is 19.3 Å². The molecule has 0 saturated carbocycles. The van der Waals surface area contributed by atoms with Crippen LogP contribution in [-0.4, -0.2) is 12.2 Å². The molecule has 0 aromatic heterocycles. The van der Waals surface area contributed by atoms with Crippen LogP contribution in [0.3, 0.4) is 0 Å². The molecule has 0 bridgehead atoms. The lowest BCUT2D eigenvalue weighted by Gasteiger charge is -2.13. The molecule has 0 aliphatic rings. The smallest absolute Gasteiger partial charge is 0.136 e. The van der Waals surface area contributed by atoms with Crippen LogP contribution in [0.25, 0.3) is 0 Å². The van der Waals surface area contributed by atoms with Crippen molar-refractivity contribution in [2.75, 3.05) is 7.11 Å². The Morgan fingerprint density at radius 2 is 2.05 bits per heavy atom. The van der Waals surface area contributed by atoms with E-state index in [0.717, 1.165) is 16.7 Å². The number of benzene rings is 2. The first-order valence-corrected chi connectivity index (χ1v) is 6.58. The van der Waals surface area contributed by atoms with Crippen molar-refractivity contribution in [2.45, 2.75) is 20.1 Å². The Labute approximate surface area is 124 Å². The van der Waals surface area contributed by atoms with Gasteiger partial charge < -0.3 is 14.6 Å². The van der Waals surface area contributed by atoms with Gasteiger partial charge in [-0.05, 0) is 30.2 Å². The molecule has 1 N–H and O–H groups in total. The monoisotopic (exact) mass is 283 g/mol. The number of rotatable bonds is 5. The SMILES string of the molecule is COc1ccc(COc2c(C)cccc2CO)cc1C#N. The van der Waals surface area contributed by atoms with Gasteiger partial charge in [0.15, 0.2) is 0 Å². The van der Waals surface area contributed by atoms with E-state index in [0.29, 0.717) is 23.7 Å². The van der Waals surface area contributed by atoms with Crippen molar-refractivity contribution in [3.8, 4) is 17.6 Å². The molecule has 4 nitrogen and oxygen atoms in total. The first-order valence-electron chi connectivity index (χ1n) is 6.58. The Balaban J connectivity index is 2.19. The highest BCUT2D eigenvalue weighted by molar-refractivity contribution is 5.45. The van der Waals surface area contributed by atoms with E-state index in [1.165, 1.54) is 7.11 Å². The van der Waals surface area contributed by atoms with Gasteiger partial charge in [0, 0.05) is 5.56 Å². The number of nitrogens with zero attached hydrogens (tertiary/aromatic N) is 1. The van der Waals surface area contributed by atoms with Crippen LogP contribution in [0.15, 0.2) is 36.4 Å². The molecule has 2 aromatic carbocycles. The fourth-order valence-electron chi connectivity index (χ4n) is 2.13. The second-order valence-electron chi connectivity index (χ2n) is 4.66. The summed E-state index contributed by atoms with van der Waals surface area (Å²) in [6.07, 6.45) is 0. The molecule has 0 radical (unpaired) electrons. The molecule has 21 heavy (non-hydrogen) atoms. The lowest BCUT2D eigenvalue weighted by atomic mass is 10.1. The topological polar surface area (TPSA) is 62.5 Å². The molecular formula is C17H17NO3. The first-order chi connectivity index (χ1) is 10.2. The molecule has 0 fully saturated rings. The Kier molecular flexibility index (Phi) is 4.81. The number of para-hydroxylation sites is 1. The summed E-state index contributed by atoms with van der Waals surface area (Å²) in [5.41, 5.74) is 3.07. The summed E-state index contributed by atoms with van der Waals surface area (Å²) in [7, 11) is 1.53. The van der Waals surface area contributed by atoms with Crippen molar-refractivity contribution >= 4 is 0 Å². The van der Waals surface area contributed by atoms with E-state index in [2.05, 4.69) is 6.07 Å². The van der Waals surface area contributed by atoms with Crippen LogP contribution in [0.5, 0.6) is 11.5 Å². The highest BCUT2D eigenvalue weighted by Crippen LogP contribution is 2.25. The van der Waals surface area contributed by atoms with E-state index >= 15 is 0 Å². The van der Waals surface area contributed by atoms with E-state index in [-0.39, 0.29) is 6.61 Å². The van der Waals surface area contributed by atoms with E-state index in [1.807, 2.05) is 31.2 Å². The molecule has 0 spiro atoms. The predicted octanol–water partition coefficient (Wildman–Crippen LogP) is 2.95. The second-order valence-corrected chi connectivity index (χ2v) is 4.66. The summed E-state index contributed by atoms with van der Waals surface area (Å²) >= 11 is 0. The fourth-order valence-corrected chi connectivity index (χ4v) is 2.13. The maximum Gasteiger partial charge on any atom is 0.136 e. The molecule has 4 heteroatoms. The number of methoxy groups -OCH3 is 1. The van der Waals surface area contributed by atoms with Crippen molar-refractivity contribution < 1.29 is 14.6 Å². The van der Waals surface area contributed by atoms with E-state index in [1.54, 1.807) is 12.1 Å². The third kappa shape index (κ3) is 3.33. The molecule has 2 aromatic rings. The van der Waals surface area contributed by atoms with Gasteiger partial charge >= 0.3 is 0 Å². The van der Waals surface area contributed by atoms with E-state index in [9.17, 15) is 5.11 Å². The molecule has 0 aliphatic carbocycles. The molecule has 0 atom stereocenters. The lowest BCUT2D eigenvalue weighted by molar-refractivity contribution is 0.258. The summed E-state index contributed by atoms with van der Waals surface area (Å²) < 4.78 is 10.9. The lowest BCUT2D eigenvalue weighted by Crippen LogP contribution is -2.01. The fraction of sp³-hybridized carbons (Fsp3) is 0.235. The normalized spacial score (nSPS) is 10.0. The van der Waals surface area contributed by atoms with Gasteiger partial charge in [-0.2, -0.15) is 5.26 Å². The van der Waals surface area contributed by atoms with Crippen LogP contribution in [0.4, 0.5) is 0 Å². The van der Waals surface area contributed by atoms with Gasteiger partial charge in [0.1, 0.15) is 24.2 Å². The number of nitriles is 1. The number of aliphatic hydroxyl groups is 1. The molecule has 0 saturated heterocycles. The largest absolute Gasteiger partial charge is 0.495 e. The Morgan fingerprint density at radius 3 is 2.71 bits per heavy atom. The number of aryl methyl sites for hydroxylation is 1. The average Bonchev–Trinajstić information content (AvgIpc) is 2.53. The molecule has 0 aliphatic heterocycles. The van der Waals surface area contributed by atoms with Gasteiger partial charge in [-0.25, -0.2) is 0 Å². The third-order valence-corrected chi connectivity index (χ3v) is 3.23. The number of aliphatic hydroxyl groups excluding tert-OH is 1. The molecule has 2 rings (SSSR count). The third-order valence-electron chi connectivity index (χ3n) is 3.23. The summed E-state index contributed by atoms with van der Waals surface area (Å²) in [5, 5.41) is 18.4. The number of hydrogen-bond acceptors (Lipinski definition) is 4. The molecule has 0 amide bonds. The quantitative estimate of drug-likeness (QED) is 0.916. The van der Waals surface area contributed by atoms with Crippen molar-refractivity contribution in [3.63, 3.8) is 0 Å². The van der Waals surface area contributed by atoms with Crippen molar-refractivity contribution in [3.05, 3.63) is 58.7 Å². The zero-order chi connectivity index (χ0) is 15.2. The minimum atomic E-state index is -0.0664. The van der Waals surface area contributed by atoms with Crippen molar-refractivity contribution in [1.29, 1.82) is 5.26 Å². The zero-order valence-corrected chi connectivity index (χ0v) is 12.1. The minimum Gasteiger partial charge on any atom is -0.495 e. The molecule has 0 unspecified atom stereocenters. The average molecular weight is 283 g/mol. The van der Waals surface area contributed by atoms with Crippen molar-refractivity contribution in [1.82, 2.24) is 0 Å². The maximum atomic E-state index is 9.35. The van der Waals surface area contributed by atoms with Crippen LogP contribution in [0.2, 0.25) is 0 Å². The molecule has 0 heterocycles. The van der Waals surface area contributed by atoms with Gasteiger partial charge in [-0.3, -0.25) is 0 Å². The van der Waals surface area contributed by atoms with Crippen LogP contribution in [0.1, 0.15) is 22.3 Å². The summed E-state index contributed by atoms with van der Waals surface area (Å²) in [5.74, 6) is 1.24. The van der Waals surface area contributed by atoms with Gasteiger partial charge in [-0.1, -0.05) is 24.3 Å². The summed E-state index contributed by atoms with van der Waals surface area (Å²) in [6.45, 7) is 2.20. The van der Waals surface area contributed by atoms with Crippen LogP contribution < -0.4 is 9.47 Å². The number of ether oxygens (including phenoxy) is 2. The first kappa shape index (κ1) is 14.9. The minimum absolute atomic E-state index is 0.0664. The summed E-state index contributed by atoms with van der Waals surface area (Å²) in [6, 6.07) is 13.1. The Hall–Kier alpha value is -2.51. The zero-order valence-electron chi connectivity index (χ0n) is 12.1. The van der Waals surface area contributed by atoms with Gasteiger partial charge in [0.2, 0.25) is 0 Å². The van der Waals surface area contributed by atoms with Crippen LogP contribution >= 0.6 is 0 Å². The van der Waals surface area contributed by atoms with Crippen molar-refractivity contribution in [2.24, 2.45) is 0 Å². The van der Waals surface area contributed by atoms with Crippen LogP contribution in [-0.2, 0) is 13.2 Å². The predicted molar refractivity (Wildman–Crippen MR) is 79.1 cm³/mol. The Morgan fingerprint density at radius 1 is 1.24 bits per heavy atom. The van der Waals surface area contributed by atoms with Gasteiger partial charge in [0.25, 0.3) is 0 Å². The Bertz CT molecular complexity index is 674. The second kappa shape index (κ2) is 6.78. The van der Waals surface area contributed by atoms with Crippen LogP contribution in [0, 0.1) is 18.3 Å². The molecule has 108 valence electrons. The maximum absolute atomic E-state index is 9.35. The standard InChI is InChI=1S/C17H17NO3/c1-12-4-3-5-14(10-19)17(12)21-11-13-6-7-16(20-2)15(8-13)9-18/h3-8,19H,10-11H2,1-2H3. The van der Waals surface area contributed by atoms with E-state index < -0.39 is 0 Å². The van der Waals surface area contributed by atoms with E-state index in [4.69, 9.17) is 14.7 Å².